The number of amides is 2. The zero-order chi connectivity index (χ0) is 19.0. The number of benzene rings is 2. The number of hydroxylamine groups is 1. The van der Waals surface area contributed by atoms with Crippen molar-refractivity contribution in [3.63, 3.8) is 0 Å². The Hall–Kier alpha value is -3.19. The predicted octanol–water partition coefficient (Wildman–Crippen LogP) is 1.44. The lowest BCUT2D eigenvalue weighted by Gasteiger charge is -2.28. The summed E-state index contributed by atoms with van der Waals surface area (Å²) >= 11 is 0. The van der Waals surface area contributed by atoms with Gasteiger partial charge in [-0.3, -0.25) is 14.4 Å². The van der Waals surface area contributed by atoms with Crippen LogP contribution in [0.5, 0.6) is 0 Å². The number of carbonyl (C=O) groups excluding carboxylic acids is 2. The van der Waals surface area contributed by atoms with Gasteiger partial charge in [-0.25, -0.2) is 10.3 Å². The maximum atomic E-state index is 12.6. The third kappa shape index (κ3) is 4.90. The van der Waals surface area contributed by atoms with Crippen LogP contribution in [0.4, 0.5) is 0 Å². The standard InChI is InChI=1S/C19H20N2O5/c1-14(22)20-19(18(24)25,12-15-8-4-2-5-9-15)17(23)21-26-13-16-10-6-3-7-11-16/h2-11H,12-13H2,1H3,(H,20,22)(H,21,23)(H,24,25). The highest BCUT2D eigenvalue weighted by atomic mass is 16.7. The molecule has 0 saturated carbocycles. The summed E-state index contributed by atoms with van der Waals surface area (Å²) in [7, 11) is 0. The van der Waals surface area contributed by atoms with Crippen LogP contribution in [-0.2, 0) is 32.2 Å². The Morgan fingerprint density at radius 3 is 2.00 bits per heavy atom. The number of hydrogen-bond donors (Lipinski definition) is 3. The number of carboxylic acids is 1. The highest BCUT2D eigenvalue weighted by molar-refractivity contribution is 6.09. The molecule has 0 spiro atoms. The molecule has 2 rings (SSSR count). The minimum atomic E-state index is -2.18. The first-order valence-electron chi connectivity index (χ1n) is 7.96. The molecule has 1 unspecified atom stereocenters. The SMILES string of the molecule is CC(=O)NC(Cc1ccccc1)(C(=O)O)C(=O)NOCc1ccccc1. The first-order valence-corrected chi connectivity index (χ1v) is 7.96. The number of rotatable bonds is 8. The van der Waals surface area contributed by atoms with Gasteiger partial charge in [-0.2, -0.15) is 0 Å². The van der Waals surface area contributed by atoms with Crippen LogP contribution in [0.3, 0.4) is 0 Å². The van der Waals surface area contributed by atoms with Crippen LogP contribution in [0, 0.1) is 0 Å². The summed E-state index contributed by atoms with van der Waals surface area (Å²) in [6.45, 7) is 1.22. The monoisotopic (exact) mass is 356 g/mol. The Balaban J connectivity index is 2.16. The van der Waals surface area contributed by atoms with E-state index in [9.17, 15) is 19.5 Å². The van der Waals surface area contributed by atoms with Gasteiger partial charge in [0.25, 0.3) is 5.91 Å². The van der Waals surface area contributed by atoms with Crippen LogP contribution in [0.2, 0.25) is 0 Å². The molecule has 26 heavy (non-hydrogen) atoms. The Labute approximate surface area is 150 Å². The quantitative estimate of drug-likeness (QED) is 0.490. The summed E-state index contributed by atoms with van der Waals surface area (Å²) in [5.41, 5.74) is 1.36. The van der Waals surface area contributed by atoms with E-state index >= 15 is 0 Å². The minimum Gasteiger partial charge on any atom is -0.479 e. The van der Waals surface area contributed by atoms with E-state index in [1.165, 1.54) is 0 Å². The summed E-state index contributed by atoms with van der Waals surface area (Å²) in [4.78, 5) is 41.2. The average molecular weight is 356 g/mol. The summed E-state index contributed by atoms with van der Waals surface area (Å²) in [6.07, 6.45) is -0.219. The number of hydrogen-bond acceptors (Lipinski definition) is 4. The van der Waals surface area contributed by atoms with Crippen molar-refractivity contribution in [3.8, 4) is 0 Å². The van der Waals surface area contributed by atoms with Crippen LogP contribution in [0.1, 0.15) is 18.1 Å². The Kier molecular flexibility index (Phi) is 6.46. The van der Waals surface area contributed by atoms with E-state index in [1.807, 2.05) is 18.2 Å². The highest BCUT2D eigenvalue weighted by Crippen LogP contribution is 2.16. The van der Waals surface area contributed by atoms with Crippen molar-refractivity contribution in [1.29, 1.82) is 0 Å². The van der Waals surface area contributed by atoms with Crippen LogP contribution < -0.4 is 10.8 Å². The first-order chi connectivity index (χ1) is 12.4. The molecule has 0 saturated heterocycles. The lowest BCUT2D eigenvalue weighted by atomic mass is 9.89. The number of aliphatic carboxylic acids is 1. The molecule has 0 heterocycles. The molecule has 2 amide bonds. The lowest BCUT2D eigenvalue weighted by Crippen LogP contribution is -2.64. The second kappa shape index (κ2) is 8.77. The predicted molar refractivity (Wildman–Crippen MR) is 93.7 cm³/mol. The third-order valence-electron chi connectivity index (χ3n) is 3.70. The van der Waals surface area contributed by atoms with Gasteiger partial charge in [0.2, 0.25) is 11.4 Å². The smallest absolute Gasteiger partial charge is 0.339 e. The summed E-state index contributed by atoms with van der Waals surface area (Å²) in [6, 6.07) is 17.6. The van der Waals surface area contributed by atoms with Gasteiger partial charge in [0.05, 0.1) is 6.61 Å². The molecule has 136 valence electrons. The molecule has 0 aliphatic carbocycles. The van der Waals surface area contributed by atoms with Gasteiger partial charge in [-0.1, -0.05) is 60.7 Å². The maximum Gasteiger partial charge on any atom is 0.339 e. The van der Waals surface area contributed by atoms with Gasteiger partial charge < -0.3 is 10.4 Å². The normalized spacial score (nSPS) is 12.7. The van der Waals surface area contributed by atoms with Crippen molar-refractivity contribution in [2.75, 3.05) is 0 Å². The van der Waals surface area contributed by atoms with Gasteiger partial charge in [-0.15, -0.1) is 0 Å². The van der Waals surface area contributed by atoms with Gasteiger partial charge in [0, 0.05) is 13.3 Å². The molecule has 7 heteroatoms. The fourth-order valence-electron chi connectivity index (χ4n) is 2.46. The van der Waals surface area contributed by atoms with Gasteiger partial charge >= 0.3 is 5.97 Å². The molecule has 3 N–H and O–H groups in total. The van der Waals surface area contributed by atoms with E-state index in [4.69, 9.17) is 4.84 Å². The Bertz CT molecular complexity index is 764. The van der Waals surface area contributed by atoms with E-state index in [0.29, 0.717) is 5.56 Å². The third-order valence-corrected chi connectivity index (χ3v) is 3.70. The highest BCUT2D eigenvalue weighted by Gasteiger charge is 2.47. The van der Waals surface area contributed by atoms with E-state index in [0.717, 1.165) is 12.5 Å². The van der Waals surface area contributed by atoms with Crippen molar-refractivity contribution in [3.05, 3.63) is 71.8 Å². The number of nitrogens with one attached hydrogen (secondary N) is 2. The molecule has 2 aromatic carbocycles. The molecule has 0 fully saturated rings. The molecular formula is C19H20N2O5. The van der Waals surface area contributed by atoms with Crippen molar-refractivity contribution >= 4 is 17.8 Å². The molecule has 0 radical (unpaired) electrons. The molecule has 1 atom stereocenters. The van der Waals surface area contributed by atoms with Crippen molar-refractivity contribution in [1.82, 2.24) is 10.8 Å². The molecule has 2 aromatic rings. The Morgan fingerprint density at radius 2 is 1.50 bits per heavy atom. The summed E-state index contributed by atoms with van der Waals surface area (Å²) in [5, 5.41) is 11.9. The molecule has 0 aromatic heterocycles. The van der Waals surface area contributed by atoms with E-state index in [2.05, 4.69) is 10.8 Å². The fourth-order valence-corrected chi connectivity index (χ4v) is 2.46. The van der Waals surface area contributed by atoms with E-state index < -0.39 is 23.3 Å². The molecular weight excluding hydrogens is 336 g/mol. The molecule has 0 aliphatic heterocycles. The van der Waals surface area contributed by atoms with Gasteiger partial charge in [-0.05, 0) is 11.1 Å². The zero-order valence-corrected chi connectivity index (χ0v) is 14.3. The van der Waals surface area contributed by atoms with Crippen molar-refractivity contribution in [2.24, 2.45) is 0 Å². The number of carboxylic acid groups (broad SMARTS) is 1. The van der Waals surface area contributed by atoms with Crippen LogP contribution >= 0.6 is 0 Å². The van der Waals surface area contributed by atoms with Crippen LogP contribution in [0.25, 0.3) is 0 Å². The average Bonchev–Trinajstić information content (AvgIpc) is 2.62. The van der Waals surface area contributed by atoms with Crippen LogP contribution in [0.15, 0.2) is 60.7 Å². The zero-order valence-electron chi connectivity index (χ0n) is 14.3. The summed E-state index contributed by atoms with van der Waals surface area (Å²) in [5.74, 6) is -3.07. The largest absolute Gasteiger partial charge is 0.479 e. The van der Waals surface area contributed by atoms with E-state index in [1.54, 1.807) is 42.5 Å². The van der Waals surface area contributed by atoms with Crippen LogP contribution in [-0.4, -0.2) is 28.4 Å². The first kappa shape index (κ1) is 19.1. The van der Waals surface area contributed by atoms with Gasteiger partial charge in [0.15, 0.2) is 0 Å². The molecule has 0 bridgehead atoms. The second-order valence-electron chi connectivity index (χ2n) is 5.76. The second-order valence-corrected chi connectivity index (χ2v) is 5.76. The lowest BCUT2D eigenvalue weighted by molar-refractivity contribution is -0.159. The molecule has 7 nitrogen and oxygen atoms in total. The van der Waals surface area contributed by atoms with Crippen molar-refractivity contribution in [2.45, 2.75) is 25.5 Å². The Morgan fingerprint density at radius 1 is 0.962 bits per heavy atom. The minimum absolute atomic E-state index is 0.0632. The summed E-state index contributed by atoms with van der Waals surface area (Å²) < 4.78 is 0. The molecule has 0 aliphatic rings. The topological polar surface area (TPSA) is 105 Å². The van der Waals surface area contributed by atoms with Gasteiger partial charge in [0.1, 0.15) is 0 Å². The van der Waals surface area contributed by atoms with E-state index in [-0.39, 0.29) is 13.0 Å². The van der Waals surface area contributed by atoms with Crippen molar-refractivity contribution < 1.29 is 24.3 Å². The maximum absolute atomic E-state index is 12.6. The number of carbonyl (C=O) groups is 3. The fraction of sp³-hybridized carbons (Fsp3) is 0.211.